The van der Waals surface area contributed by atoms with E-state index in [0.29, 0.717) is 5.84 Å². The lowest BCUT2D eigenvalue weighted by Gasteiger charge is -2.14. The number of hydrogen-bond donors (Lipinski definition) is 2. The highest BCUT2D eigenvalue weighted by Gasteiger charge is 2.21. The van der Waals surface area contributed by atoms with Gasteiger partial charge in [-0.1, -0.05) is 54.6 Å². The number of nitrogens with zero attached hydrogens (tertiary/aromatic N) is 2. The topological polar surface area (TPSA) is 47.6 Å². The van der Waals surface area contributed by atoms with Crippen molar-refractivity contribution in [2.45, 2.75) is 0 Å². The second kappa shape index (κ2) is 8.74. The summed E-state index contributed by atoms with van der Waals surface area (Å²) in [4.78, 5) is 4.52. The largest absolute Gasteiger partial charge is 0.385 e. The minimum Gasteiger partial charge on any atom is -0.385 e. The normalized spacial score (nSPS) is 12.5. The first-order chi connectivity index (χ1) is 12.8. The van der Waals surface area contributed by atoms with E-state index in [9.17, 15) is 5.11 Å². The molecule has 3 aromatic rings. The minimum absolute atomic E-state index is 0.157. The fourth-order valence-electron chi connectivity index (χ4n) is 2.78. The zero-order valence-electron chi connectivity index (χ0n) is 14.7. The number of aliphatic imine (C=N–C) groups is 1. The fourth-order valence-corrected chi connectivity index (χ4v) is 2.78. The van der Waals surface area contributed by atoms with Gasteiger partial charge >= 0.3 is 0 Å². The lowest BCUT2D eigenvalue weighted by atomic mass is 10.2. The van der Waals surface area contributed by atoms with Gasteiger partial charge in [-0.15, -0.1) is 4.99 Å². The molecule has 0 saturated heterocycles. The van der Waals surface area contributed by atoms with Crippen LogP contribution in [0.5, 0.6) is 0 Å². The third kappa shape index (κ3) is 4.05. The van der Waals surface area contributed by atoms with Gasteiger partial charge in [-0.3, -0.25) is 5.32 Å². The molecular formula is C22H22N3O+. The molecule has 130 valence electrons. The molecule has 0 bridgehead atoms. The molecule has 0 amide bonds. The predicted molar refractivity (Wildman–Crippen MR) is 107 cm³/mol. The summed E-state index contributed by atoms with van der Waals surface area (Å²) >= 11 is 0. The van der Waals surface area contributed by atoms with Gasteiger partial charge in [0.2, 0.25) is 5.84 Å². The van der Waals surface area contributed by atoms with E-state index in [-0.39, 0.29) is 6.61 Å². The van der Waals surface area contributed by atoms with Crippen LogP contribution in [0.1, 0.15) is 5.56 Å². The van der Waals surface area contributed by atoms with Crippen molar-refractivity contribution >= 4 is 23.0 Å². The van der Waals surface area contributed by atoms with Crippen LogP contribution in [0.15, 0.2) is 96.0 Å². The maximum Gasteiger partial charge on any atom is 0.269 e. The van der Waals surface area contributed by atoms with Crippen LogP contribution < -0.4 is 5.32 Å². The summed E-state index contributed by atoms with van der Waals surface area (Å²) in [5, 5.41) is 13.4. The van der Waals surface area contributed by atoms with Crippen molar-refractivity contribution < 1.29 is 9.68 Å². The van der Waals surface area contributed by atoms with Gasteiger partial charge in [-0.2, -0.15) is 4.58 Å². The van der Waals surface area contributed by atoms with Crippen LogP contribution in [-0.2, 0) is 0 Å². The lowest BCUT2D eigenvalue weighted by molar-refractivity contribution is -0.308. The second-order valence-electron chi connectivity index (χ2n) is 5.68. The molecule has 4 heteroatoms. The first-order valence-electron chi connectivity index (χ1n) is 8.49. The third-order valence-corrected chi connectivity index (χ3v) is 3.95. The van der Waals surface area contributed by atoms with E-state index in [4.69, 9.17) is 0 Å². The first kappa shape index (κ1) is 17.6. The van der Waals surface area contributed by atoms with Gasteiger partial charge in [-0.05, 0) is 36.4 Å². The Kier molecular flexibility index (Phi) is 5.91. The van der Waals surface area contributed by atoms with Crippen molar-refractivity contribution in [1.29, 1.82) is 0 Å². The Balaban J connectivity index is 2.16. The fraction of sp³-hybridized carbons (Fsp3) is 0.0909. The molecule has 0 aliphatic rings. The van der Waals surface area contributed by atoms with Crippen molar-refractivity contribution in [3.63, 3.8) is 0 Å². The number of anilines is 1. The molecule has 26 heavy (non-hydrogen) atoms. The van der Waals surface area contributed by atoms with Crippen LogP contribution in [-0.4, -0.2) is 35.0 Å². The Morgan fingerprint density at radius 3 is 1.92 bits per heavy atom. The molecule has 0 saturated carbocycles. The number of nitrogens with one attached hydrogen (secondary N) is 1. The highest BCUT2D eigenvalue weighted by atomic mass is 16.3. The number of benzene rings is 3. The summed E-state index contributed by atoms with van der Waals surface area (Å²) in [6.07, 6.45) is 0. The van der Waals surface area contributed by atoms with Crippen LogP contribution in [0.25, 0.3) is 0 Å². The Bertz CT molecular complexity index is 888. The SMILES string of the molecule is CN=C(c1ccccc1)[N+](=C(CO)Nc1ccccc1)c1ccccc1. The monoisotopic (exact) mass is 344 g/mol. The molecule has 2 N–H and O–H groups in total. The number of aliphatic hydroxyl groups excluding tert-OH is 1. The summed E-state index contributed by atoms with van der Waals surface area (Å²) in [5.41, 5.74) is 2.80. The Morgan fingerprint density at radius 1 is 0.846 bits per heavy atom. The van der Waals surface area contributed by atoms with Gasteiger partial charge < -0.3 is 5.11 Å². The molecule has 3 rings (SSSR count). The second-order valence-corrected chi connectivity index (χ2v) is 5.68. The molecule has 4 nitrogen and oxygen atoms in total. The van der Waals surface area contributed by atoms with Crippen LogP contribution in [0.3, 0.4) is 0 Å². The molecule has 0 radical (unpaired) electrons. The summed E-state index contributed by atoms with van der Waals surface area (Å²) in [6.45, 7) is -0.157. The quantitative estimate of drug-likeness (QED) is 0.428. The van der Waals surface area contributed by atoms with Crippen LogP contribution in [0.2, 0.25) is 0 Å². The van der Waals surface area contributed by atoms with Gasteiger partial charge in [0.25, 0.3) is 5.84 Å². The van der Waals surface area contributed by atoms with Gasteiger partial charge in [0.1, 0.15) is 12.3 Å². The van der Waals surface area contributed by atoms with E-state index in [1.165, 1.54) is 0 Å². The molecule has 0 fully saturated rings. The maximum absolute atomic E-state index is 10.1. The van der Waals surface area contributed by atoms with Crippen molar-refractivity contribution in [3.8, 4) is 0 Å². The molecule has 0 atom stereocenters. The molecule has 0 aliphatic carbocycles. The minimum atomic E-state index is -0.157. The molecule has 0 aliphatic heterocycles. The number of hydrogen-bond acceptors (Lipinski definition) is 2. The van der Waals surface area contributed by atoms with Gasteiger partial charge in [0.15, 0.2) is 0 Å². The lowest BCUT2D eigenvalue weighted by Crippen LogP contribution is -2.32. The average molecular weight is 344 g/mol. The Hall–Kier alpha value is -3.24. The van der Waals surface area contributed by atoms with E-state index in [2.05, 4.69) is 10.3 Å². The molecule has 0 heterocycles. The van der Waals surface area contributed by atoms with Gasteiger partial charge in [0.05, 0.1) is 18.3 Å². The predicted octanol–water partition coefficient (Wildman–Crippen LogP) is 3.91. The van der Waals surface area contributed by atoms with Crippen molar-refractivity contribution in [1.82, 2.24) is 0 Å². The summed E-state index contributed by atoms with van der Waals surface area (Å²) < 4.78 is 1.95. The third-order valence-electron chi connectivity index (χ3n) is 3.95. The molecule has 3 aromatic carbocycles. The van der Waals surface area contributed by atoms with Crippen molar-refractivity contribution in [3.05, 3.63) is 96.6 Å². The van der Waals surface area contributed by atoms with E-state index >= 15 is 0 Å². The zero-order chi connectivity index (χ0) is 18.2. The zero-order valence-corrected chi connectivity index (χ0v) is 14.7. The van der Waals surface area contributed by atoms with Crippen molar-refractivity contribution in [2.75, 3.05) is 19.0 Å². The molecule has 0 unspecified atom stereocenters. The standard InChI is InChI=1S/C22H21N3O/c1-23-22(18-11-5-2-6-12-18)25(20-15-9-4-10-16-20)21(17-26)24-19-13-7-3-8-14-19/h2-16,26H,17H2,1H3/p+1. The highest BCUT2D eigenvalue weighted by molar-refractivity contribution is 6.02. The molecular weight excluding hydrogens is 322 g/mol. The highest BCUT2D eigenvalue weighted by Crippen LogP contribution is 2.17. The summed E-state index contributed by atoms with van der Waals surface area (Å²) in [7, 11) is 1.76. The molecule has 0 aromatic heterocycles. The van der Waals surface area contributed by atoms with Crippen LogP contribution in [0.4, 0.5) is 11.4 Å². The van der Waals surface area contributed by atoms with E-state index in [1.807, 2.05) is 95.6 Å². The number of aliphatic hydroxyl groups is 1. The number of rotatable bonds is 4. The van der Waals surface area contributed by atoms with E-state index in [0.717, 1.165) is 22.8 Å². The average Bonchev–Trinajstić information content (AvgIpc) is 2.72. The van der Waals surface area contributed by atoms with E-state index < -0.39 is 0 Å². The Labute approximate surface area is 153 Å². The number of amidine groups is 2. The van der Waals surface area contributed by atoms with Gasteiger partial charge in [0, 0.05) is 0 Å². The summed E-state index contributed by atoms with van der Waals surface area (Å²) in [5.74, 6) is 1.39. The van der Waals surface area contributed by atoms with E-state index in [1.54, 1.807) is 7.05 Å². The number of para-hydroxylation sites is 2. The summed E-state index contributed by atoms with van der Waals surface area (Å²) in [6, 6.07) is 29.6. The molecule has 0 spiro atoms. The van der Waals surface area contributed by atoms with Gasteiger partial charge in [-0.25, -0.2) is 0 Å². The maximum atomic E-state index is 10.1. The van der Waals surface area contributed by atoms with Crippen LogP contribution >= 0.6 is 0 Å². The van der Waals surface area contributed by atoms with Crippen LogP contribution in [0, 0.1) is 0 Å². The van der Waals surface area contributed by atoms with Crippen molar-refractivity contribution in [2.24, 2.45) is 4.99 Å². The first-order valence-corrected chi connectivity index (χ1v) is 8.49. The smallest absolute Gasteiger partial charge is 0.269 e. The Morgan fingerprint density at radius 2 is 1.38 bits per heavy atom.